The highest BCUT2D eigenvalue weighted by atomic mass is 16.5. The van der Waals surface area contributed by atoms with Crippen LogP contribution < -0.4 is 10.1 Å². The van der Waals surface area contributed by atoms with E-state index in [1.807, 2.05) is 58.0 Å². The van der Waals surface area contributed by atoms with Crippen molar-refractivity contribution in [3.05, 3.63) is 30.3 Å². The SMILES string of the molecule is CC(C)NC(C)(C#N)CC(C)OCCOc1ccccc1. The summed E-state index contributed by atoms with van der Waals surface area (Å²) in [7, 11) is 0. The highest BCUT2D eigenvalue weighted by Gasteiger charge is 2.27. The largest absolute Gasteiger partial charge is 0.491 e. The maximum absolute atomic E-state index is 9.31. The van der Waals surface area contributed by atoms with E-state index in [9.17, 15) is 5.26 Å². The molecule has 0 aliphatic carbocycles. The third-order valence-corrected chi connectivity index (χ3v) is 3.05. The molecule has 0 aliphatic rings. The molecule has 1 aromatic carbocycles. The molecule has 21 heavy (non-hydrogen) atoms. The minimum atomic E-state index is -0.562. The number of hydrogen-bond donors (Lipinski definition) is 1. The molecule has 0 amide bonds. The van der Waals surface area contributed by atoms with Crippen LogP contribution in [0.3, 0.4) is 0 Å². The summed E-state index contributed by atoms with van der Waals surface area (Å²) in [5.74, 6) is 0.845. The molecule has 0 aliphatic heterocycles. The quantitative estimate of drug-likeness (QED) is 0.710. The number of nitriles is 1. The lowest BCUT2D eigenvalue weighted by atomic mass is 9.95. The first kappa shape index (κ1) is 17.5. The molecule has 0 bridgehead atoms. The lowest BCUT2D eigenvalue weighted by Gasteiger charge is -2.28. The number of rotatable bonds is 9. The fraction of sp³-hybridized carbons (Fsp3) is 0.588. The van der Waals surface area contributed by atoms with Crippen LogP contribution in [-0.2, 0) is 4.74 Å². The van der Waals surface area contributed by atoms with Crippen molar-refractivity contribution < 1.29 is 9.47 Å². The molecule has 2 atom stereocenters. The van der Waals surface area contributed by atoms with Gasteiger partial charge in [0.2, 0.25) is 0 Å². The Morgan fingerprint density at radius 1 is 1.19 bits per heavy atom. The third kappa shape index (κ3) is 7.12. The number of hydrogen-bond acceptors (Lipinski definition) is 4. The molecule has 0 fully saturated rings. The van der Waals surface area contributed by atoms with Gasteiger partial charge in [-0.1, -0.05) is 18.2 Å². The van der Waals surface area contributed by atoms with Crippen LogP contribution in [0.15, 0.2) is 30.3 Å². The fourth-order valence-corrected chi connectivity index (χ4v) is 2.33. The van der Waals surface area contributed by atoms with Crippen LogP contribution >= 0.6 is 0 Å². The fourth-order valence-electron chi connectivity index (χ4n) is 2.33. The van der Waals surface area contributed by atoms with E-state index in [-0.39, 0.29) is 12.1 Å². The van der Waals surface area contributed by atoms with Gasteiger partial charge in [-0.3, -0.25) is 5.32 Å². The summed E-state index contributed by atoms with van der Waals surface area (Å²) in [6.45, 7) is 8.99. The van der Waals surface area contributed by atoms with Crippen molar-refractivity contribution >= 4 is 0 Å². The second kappa shape index (κ2) is 8.66. The van der Waals surface area contributed by atoms with Crippen molar-refractivity contribution in [3.8, 4) is 11.8 Å². The van der Waals surface area contributed by atoms with Gasteiger partial charge in [0.15, 0.2) is 0 Å². The van der Waals surface area contributed by atoms with E-state index in [0.717, 1.165) is 5.75 Å². The van der Waals surface area contributed by atoms with Crippen LogP contribution in [0.4, 0.5) is 0 Å². The summed E-state index contributed by atoms with van der Waals surface area (Å²) < 4.78 is 11.3. The second-order valence-electron chi connectivity index (χ2n) is 5.79. The second-order valence-corrected chi connectivity index (χ2v) is 5.79. The molecule has 1 aromatic rings. The molecule has 0 spiro atoms. The van der Waals surface area contributed by atoms with Gasteiger partial charge < -0.3 is 9.47 Å². The van der Waals surface area contributed by atoms with Crippen LogP contribution in [0.25, 0.3) is 0 Å². The zero-order valence-corrected chi connectivity index (χ0v) is 13.4. The molecule has 1 N–H and O–H groups in total. The predicted octanol–water partition coefficient (Wildman–Crippen LogP) is 3.14. The van der Waals surface area contributed by atoms with Gasteiger partial charge in [0.25, 0.3) is 0 Å². The van der Waals surface area contributed by atoms with E-state index in [1.54, 1.807) is 0 Å². The minimum absolute atomic E-state index is 0.000253. The highest BCUT2D eigenvalue weighted by molar-refractivity contribution is 5.20. The van der Waals surface area contributed by atoms with E-state index in [1.165, 1.54) is 0 Å². The third-order valence-electron chi connectivity index (χ3n) is 3.05. The predicted molar refractivity (Wildman–Crippen MR) is 84.3 cm³/mol. The Kier molecular flexibility index (Phi) is 7.21. The van der Waals surface area contributed by atoms with E-state index in [4.69, 9.17) is 9.47 Å². The molecule has 0 saturated heterocycles. The first-order valence-corrected chi connectivity index (χ1v) is 7.43. The summed E-state index contributed by atoms with van der Waals surface area (Å²) in [6, 6.07) is 12.3. The van der Waals surface area contributed by atoms with Gasteiger partial charge >= 0.3 is 0 Å². The Morgan fingerprint density at radius 3 is 2.43 bits per heavy atom. The number of ether oxygens (including phenoxy) is 2. The maximum atomic E-state index is 9.31. The van der Waals surface area contributed by atoms with Gasteiger partial charge in [-0.25, -0.2) is 0 Å². The Morgan fingerprint density at radius 2 is 1.86 bits per heavy atom. The molecule has 0 radical (unpaired) electrons. The van der Waals surface area contributed by atoms with Gasteiger partial charge in [0.05, 0.1) is 18.8 Å². The molecule has 0 saturated carbocycles. The topological polar surface area (TPSA) is 54.3 Å². The molecule has 116 valence electrons. The molecule has 0 heterocycles. The van der Waals surface area contributed by atoms with Gasteiger partial charge in [-0.2, -0.15) is 5.26 Å². The van der Waals surface area contributed by atoms with E-state index >= 15 is 0 Å². The molecule has 0 aromatic heterocycles. The lowest BCUT2D eigenvalue weighted by molar-refractivity contribution is 0.0289. The number of nitrogens with one attached hydrogen (secondary N) is 1. The smallest absolute Gasteiger partial charge is 0.119 e. The number of benzene rings is 1. The van der Waals surface area contributed by atoms with Crippen LogP contribution in [0.1, 0.15) is 34.1 Å². The monoisotopic (exact) mass is 290 g/mol. The van der Waals surface area contributed by atoms with Gasteiger partial charge in [-0.05, 0) is 39.8 Å². The highest BCUT2D eigenvalue weighted by Crippen LogP contribution is 2.15. The van der Waals surface area contributed by atoms with Crippen LogP contribution in [0.5, 0.6) is 5.75 Å². The van der Waals surface area contributed by atoms with E-state index in [0.29, 0.717) is 19.6 Å². The van der Waals surface area contributed by atoms with E-state index in [2.05, 4.69) is 11.4 Å². The standard InChI is InChI=1S/C17H26N2O2/c1-14(2)19-17(4,13-18)12-15(3)20-10-11-21-16-8-6-5-7-9-16/h5-9,14-15,19H,10-12H2,1-4H3. The van der Waals surface area contributed by atoms with Crippen molar-refractivity contribution in [2.45, 2.75) is 51.8 Å². The zero-order valence-electron chi connectivity index (χ0n) is 13.4. The van der Waals surface area contributed by atoms with Crippen molar-refractivity contribution in [2.24, 2.45) is 0 Å². The first-order chi connectivity index (χ1) is 9.95. The number of para-hydroxylation sites is 1. The summed E-state index contributed by atoms with van der Waals surface area (Å²) in [6.07, 6.45) is 0.646. The Labute approximate surface area is 128 Å². The Hall–Kier alpha value is -1.57. The normalized spacial score (nSPS) is 15.2. The van der Waals surface area contributed by atoms with Crippen LogP contribution in [0, 0.1) is 11.3 Å². The molecule has 4 nitrogen and oxygen atoms in total. The average molecular weight is 290 g/mol. The van der Waals surface area contributed by atoms with Crippen molar-refractivity contribution in [1.82, 2.24) is 5.32 Å². The van der Waals surface area contributed by atoms with Crippen molar-refractivity contribution in [3.63, 3.8) is 0 Å². The van der Waals surface area contributed by atoms with Crippen molar-refractivity contribution in [1.29, 1.82) is 5.26 Å². The van der Waals surface area contributed by atoms with Gasteiger partial charge in [0.1, 0.15) is 17.9 Å². The molecule has 4 heteroatoms. The molecule has 2 unspecified atom stereocenters. The van der Waals surface area contributed by atoms with Gasteiger partial charge in [-0.15, -0.1) is 0 Å². The lowest BCUT2D eigenvalue weighted by Crippen LogP contribution is -2.47. The van der Waals surface area contributed by atoms with Crippen LogP contribution in [-0.4, -0.2) is 30.9 Å². The summed E-state index contributed by atoms with van der Waals surface area (Å²) in [4.78, 5) is 0. The van der Waals surface area contributed by atoms with Crippen LogP contribution in [0.2, 0.25) is 0 Å². The zero-order chi connectivity index (χ0) is 15.7. The molecule has 1 rings (SSSR count). The Balaban J connectivity index is 2.27. The van der Waals surface area contributed by atoms with Crippen molar-refractivity contribution in [2.75, 3.05) is 13.2 Å². The maximum Gasteiger partial charge on any atom is 0.119 e. The summed E-state index contributed by atoms with van der Waals surface area (Å²) in [5.41, 5.74) is -0.562. The Bertz CT molecular complexity index is 442. The van der Waals surface area contributed by atoms with Gasteiger partial charge in [0, 0.05) is 12.5 Å². The first-order valence-electron chi connectivity index (χ1n) is 7.43. The summed E-state index contributed by atoms with van der Waals surface area (Å²) in [5, 5.41) is 12.6. The minimum Gasteiger partial charge on any atom is -0.491 e. The molecular weight excluding hydrogens is 264 g/mol. The number of nitrogens with zero attached hydrogens (tertiary/aromatic N) is 1. The summed E-state index contributed by atoms with van der Waals surface area (Å²) >= 11 is 0. The van der Waals surface area contributed by atoms with E-state index < -0.39 is 5.54 Å². The average Bonchev–Trinajstić information content (AvgIpc) is 2.44. The molecular formula is C17H26N2O2.